The van der Waals surface area contributed by atoms with Crippen molar-refractivity contribution in [3.8, 4) is 22.5 Å². The van der Waals surface area contributed by atoms with E-state index in [2.05, 4.69) is 25.4 Å². The molecule has 12 nitrogen and oxygen atoms in total. The van der Waals surface area contributed by atoms with E-state index in [4.69, 9.17) is 4.52 Å². The van der Waals surface area contributed by atoms with Gasteiger partial charge in [-0.1, -0.05) is 23.4 Å². The van der Waals surface area contributed by atoms with E-state index < -0.39 is 45.4 Å². The van der Waals surface area contributed by atoms with Crippen LogP contribution in [0, 0.1) is 19.7 Å². The number of alkyl halides is 3. The summed E-state index contributed by atoms with van der Waals surface area (Å²) in [5.41, 5.74) is -2.64. The Morgan fingerprint density at radius 1 is 1.13 bits per heavy atom. The second kappa shape index (κ2) is 11.4. The highest BCUT2D eigenvalue weighted by molar-refractivity contribution is 7.90. The third kappa shape index (κ3) is 5.50. The van der Waals surface area contributed by atoms with Crippen molar-refractivity contribution in [1.82, 2.24) is 29.0 Å². The average Bonchev–Trinajstić information content (AvgIpc) is 3.55. The van der Waals surface area contributed by atoms with Crippen molar-refractivity contribution in [1.29, 1.82) is 0 Å². The Morgan fingerprint density at radius 2 is 1.87 bits per heavy atom. The van der Waals surface area contributed by atoms with Gasteiger partial charge in [-0.15, -0.1) is 0 Å². The minimum Gasteiger partial charge on any atom is -0.465 e. The number of pyridine rings is 1. The molecule has 5 aromatic rings. The highest BCUT2D eigenvalue weighted by Gasteiger charge is 2.38. The summed E-state index contributed by atoms with van der Waals surface area (Å²) in [6.45, 7) is 3.40. The molecule has 1 amide bonds. The number of anilines is 1. The molecule has 0 spiro atoms. The number of carbonyl (C=O) groups is 1. The molecule has 46 heavy (non-hydrogen) atoms. The molecular weight excluding hydrogens is 634 g/mol. The zero-order chi connectivity index (χ0) is 33.0. The molecule has 1 aromatic carbocycles. The molecule has 1 aliphatic rings. The Morgan fingerprint density at radius 3 is 2.52 bits per heavy atom. The molecule has 1 unspecified atom stereocenters. The predicted octanol–water partition coefficient (Wildman–Crippen LogP) is 5.71. The first-order valence-corrected chi connectivity index (χ1v) is 15.3. The van der Waals surface area contributed by atoms with Crippen molar-refractivity contribution in [2.24, 2.45) is 0 Å². The van der Waals surface area contributed by atoms with Crippen molar-refractivity contribution in [2.75, 3.05) is 18.4 Å². The van der Waals surface area contributed by atoms with Crippen LogP contribution >= 0.6 is 0 Å². The van der Waals surface area contributed by atoms with Crippen LogP contribution in [0.15, 0.2) is 58.2 Å². The number of piperidine rings is 1. The molecule has 0 bridgehead atoms. The first kappa shape index (κ1) is 30.9. The lowest BCUT2D eigenvalue weighted by atomic mass is 10.0. The molecule has 6 rings (SSSR count). The standard InChI is InChI=1S/C29H25F4N7O5S/c1-15-23(16(2)45-38-15)25-22(30)11-19-20(14-40(26(19)36-25)46(43,44)18-8-4-3-5-9-18)24-21(29(31,32)33)12-34-27(37-24)35-17-7-6-10-39(13-17)28(41)42/h3-5,8-9,11-12,14,17H,6-7,10,13H2,1-2H3,(H,41,42)(H,34,35,37). The van der Waals surface area contributed by atoms with Crippen LogP contribution in [-0.2, 0) is 16.2 Å². The number of nitrogens with one attached hydrogen (secondary N) is 1. The van der Waals surface area contributed by atoms with E-state index in [1.807, 2.05) is 0 Å². The second-order valence-electron chi connectivity index (χ2n) is 10.7. The summed E-state index contributed by atoms with van der Waals surface area (Å²) < 4.78 is 92.5. The Hall–Kier alpha value is -5.06. The van der Waals surface area contributed by atoms with Crippen molar-refractivity contribution in [3.05, 3.63) is 71.6 Å². The Kier molecular flexibility index (Phi) is 7.66. The maximum atomic E-state index is 15.8. The molecule has 1 atom stereocenters. The van der Waals surface area contributed by atoms with Gasteiger partial charge in [-0.25, -0.2) is 36.5 Å². The third-order valence-electron chi connectivity index (χ3n) is 7.65. The summed E-state index contributed by atoms with van der Waals surface area (Å²) in [5.74, 6) is -1.02. The SMILES string of the molecule is Cc1noc(C)c1-c1nc2c(cc1F)c(-c1nc(NC3CCCN(C(=O)O)C3)ncc1C(F)(F)F)cn2S(=O)(=O)c1ccccc1. The number of likely N-dealkylation sites (tertiary alicyclic amines) is 1. The number of aryl methyl sites for hydroxylation is 2. The third-order valence-corrected chi connectivity index (χ3v) is 9.31. The highest BCUT2D eigenvalue weighted by atomic mass is 32.2. The van der Waals surface area contributed by atoms with Crippen LogP contribution in [0.25, 0.3) is 33.5 Å². The van der Waals surface area contributed by atoms with Gasteiger partial charge in [0.15, 0.2) is 5.65 Å². The van der Waals surface area contributed by atoms with Gasteiger partial charge < -0.3 is 19.8 Å². The fourth-order valence-electron chi connectivity index (χ4n) is 5.48. The fourth-order valence-corrected chi connectivity index (χ4v) is 6.82. The summed E-state index contributed by atoms with van der Waals surface area (Å²) in [7, 11) is -4.48. The maximum absolute atomic E-state index is 15.8. The minimum absolute atomic E-state index is 0.0449. The molecule has 1 fully saturated rings. The van der Waals surface area contributed by atoms with Crippen molar-refractivity contribution in [3.63, 3.8) is 0 Å². The Bertz CT molecular complexity index is 2060. The first-order valence-electron chi connectivity index (χ1n) is 13.9. The minimum atomic E-state index is -4.99. The van der Waals surface area contributed by atoms with E-state index >= 15 is 4.39 Å². The molecule has 0 aliphatic carbocycles. The number of hydrogen-bond acceptors (Lipinski definition) is 9. The Labute approximate surface area is 258 Å². The van der Waals surface area contributed by atoms with Crippen LogP contribution in [0.1, 0.15) is 29.9 Å². The maximum Gasteiger partial charge on any atom is 0.419 e. The molecule has 4 aromatic heterocycles. The number of hydrogen-bond donors (Lipinski definition) is 2. The van der Waals surface area contributed by atoms with Gasteiger partial charge in [0.1, 0.15) is 22.8 Å². The van der Waals surface area contributed by atoms with Crippen molar-refractivity contribution < 1.29 is 40.4 Å². The van der Waals surface area contributed by atoms with Crippen LogP contribution in [0.5, 0.6) is 0 Å². The topological polar surface area (TPSA) is 156 Å². The number of nitrogens with zero attached hydrogens (tertiary/aromatic N) is 6. The molecule has 240 valence electrons. The van der Waals surface area contributed by atoms with Gasteiger partial charge in [-0.2, -0.15) is 13.2 Å². The molecule has 0 radical (unpaired) electrons. The van der Waals surface area contributed by atoms with E-state index in [9.17, 15) is 31.5 Å². The number of fused-ring (bicyclic) bond motifs is 1. The predicted molar refractivity (Wildman–Crippen MR) is 156 cm³/mol. The van der Waals surface area contributed by atoms with Gasteiger partial charge in [0.2, 0.25) is 5.95 Å². The average molecular weight is 660 g/mol. The van der Waals surface area contributed by atoms with Crippen molar-refractivity contribution >= 4 is 33.1 Å². The van der Waals surface area contributed by atoms with E-state index in [1.165, 1.54) is 43.0 Å². The van der Waals surface area contributed by atoms with Gasteiger partial charge in [0.05, 0.1) is 21.8 Å². The van der Waals surface area contributed by atoms with Crippen LogP contribution in [0.2, 0.25) is 0 Å². The smallest absolute Gasteiger partial charge is 0.419 e. The largest absolute Gasteiger partial charge is 0.465 e. The molecule has 17 heteroatoms. The zero-order valence-electron chi connectivity index (χ0n) is 24.2. The van der Waals surface area contributed by atoms with E-state index in [0.29, 0.717) is 29.6 Å². The molecule has 0 saturated carbocycles. The van der Waals surface area contributed by atoms with Crippen LogP contribution in [-0.4, -0.2) is 67.7 Å². The van der Waals surface area contributed by atoms with Crippen molar-refractivity contribution in [2.45, 2.75) is 43.8 Å². The molecule has 2 N–H and O–H groups in total. The fraction of sp³-hybridized carbons (Fsp3) is 0.276. The lowest BCUT2D eigenvalue weighted by Crippen LogP contribution is -2.44. The quantitative estimate of drug-likeness (QED) is 0.216. The van der Waals surface area contributed by atoms with Gasteiger partial charge in [-0.05, 0) is 44.9 Å². The number of benzene rings is 1. The molecule has 1 saturated heterocycles. The molecular formula is C29H25F4N7O5S. The van der Waals surface area contributed by atoms with E-state index in [1.54, 1.807) is 6.07 Å². The normalized spacial score (nSPS) is 15.8. The Balaban J connectivity index is 1.58. The monoisotopic (exact) mass is 659 g/mol. The number of carboxylic acid groups (broad SMARTS) is 1. The zero-order valence-corrected chi connectivity index (χ0v) is 25.0. The summed E-state index contributed by atoms with van der Waals surface area (Å²) in [6, 6.07) is 7.54. The number of rotatable bonds is 6. The van der Waals surface area contributed by atoms with Crippen LogP contribution in [0.3, 0.4) is 0 Å². The lowest BCUT2D eigenvalue weighted by Gasteiger charge is -2.31. The lowest BCUT2D eigenvalue weighted by molar-refractivity contribution is -0.137. The number of halogens is 4. The highest BCUT2D eigenvalue weighted by Crippen LogP contribution is 2.41. The first-order chi connectivity index (χ1) is 21.8. The summed E-state index contributed by atoms with van der Waals surface area (Å²) in [4.78, 5) is 24.7. The van der Waals surface area contributed by atoms with Gasteiger partial charge >= 0.3 is 12.3 Å². The van der Waals surface area contributed by atoms with Crippen LogP contribution in [0.4, 0.5) is 28.3 Å². The van der Waals surface area contributed by atoms with Crippen LogP contribution < -0.4 is 5.32 Å². The molecule has 5 heterocycles. The number of aromatic nitrogens is 5. The van der Waals surface area contributed by atoms with E-state index in [0.717, 1.165) is 12.3 Å². The number of amides is 1. The summed E-state index contributed by atoms with van der Waals surface area (Å²) in [6.07, 6.45) is -3.67. The van der Waals surface area contributed by atoms with Gasteiger partial charge in [0, 0.05) is 42.5 Å². The second-order valence-corrected chi connectivity index (χ2v) is 12.5. The molecule has 1 aliphatic heterocycles. The van der Waals surface area contributed by atoms with E-state index in [-0.39, 0.29) is 56.7 Å². The van der Waals surface area contributed by atoms with Gasteiger partial charge in [0.25, 0.3) is 10.0 Å². The van der Waals surface area contributed by atoms with Gasteiger partial charge in [-0.3, -0.25) is 0 Å². The summed E-state index contributed by atoms with van der Waals surface area (Å²) in [5, 5.41) is 15.8. The summed E-state index contributed by atoms with van der Waals surface area (Å²) >= 11 is 0.